The SMILES string of the molecule is CS(=O)(=O)c1ccc(C(=O)N2CCN(CC(=O)N3CCCC3)CC2)cc1. The predicted octanol–water partition coefficient (Wildman–Crippen LogP) is 0.470. The molecule has 0 atom stereocenters. The molecule has 2 aliphatic heterocycles. The zero-order valence-corrected chi connectivity index (χ0v) is 15.9. The monoisotopic (exact) mass is 379 g/mol. The summed E-state index contributed by atoms with van der Waals surface area (Å²) in [6.45, 7) is 4.63. The molecule has 2 heterocycles. The highest BCUT2D eigenvalue weighted by molar-refractivity contribution is 7.90. The highest BCUT2D eigenvalue weighted by Crippen LogP contribution is 2.14. The molecule has 8 heteroatoms. The lowest BCUT2D eigenvalue weighted by atomic mass is 10.2. The van der Waals surface area contributed by atoms with Crippen LogP contribution in [0.3, 0.4) is 0 Å². The minimum absolute atomic E-state index is 0.101. The minimum Gasteiger partial charge on any atom is -0.342 e. The molecule has 7 nitrogen and oxygen atoms in total. The summed E-state index contributed by atoms with van der Waals surface area (Å²) in [6, 6.07) is 6.05. The molecule has 2 aliphatic rings. The fourth-order valence-corrected chi connectivity index (χ4v) is 4.02. The Morgan fingerprint density at radius 2 is 1.46 bits per heavy atom. The second-order valence-corrected chi connectivity index (χ2v) is 8.97. The van der Waals surface area contributed by atoms with Crippen LogP contribution in [-0.4, -0.2) is 87.0 Å². The van der Waals surface area contributed by atoms with Crippen LogP contribution in [0.2, 0.25) is 0 Å². The van der Waals surface area contributed by atoms with Crippen LogP contribution in [0.25, 0.3) is 0 Å². The fraction of sp³-hybridized carbons (Fsp3) is 0.556. The maximum Gasteiger partial charge on any atom is 0.253 e. The summed E-state index contributed by atoms with van der Waals surface area (Å²) in [6.07, 6.45) is 3.32. The zero-order valence-electron chi connectivity index (χ0n) is 15.1. The van der Waals surface area contributed by atoms with Gasteiger partial charge in [0.15, 0.2) is 9.84 Å². The Bertz CT molecular complexity index is 762. The largest absolute Gasteiger partial charge is 0.342 e. The molecule has 0 aliphatic carbocycles. The molecule has 0 saturated carbocycles. The van der Waals surface area contributed by atoms with Gasteiger partial charge in [-0.1, -0.05) is 0 Å². The van der Waals surface area contributed by atoms with E-state index in [-0.39, 0.29) is 16.7 Å². The standard InChI is InChI=1S/C18H25N3O4S/c1-26(24,25)16-6-4-15(5-7-16)18(23)21-12-10-19(11-13-21)14-17(22)20-8-2-3-9-20/h4-7H,2-3,8-14H2,1H3. The molecule has 1 aromatic carbocycles. The molecule has 142 valence electrons. The van der Waals surface area contributed by atoms with Gasteiger partial charge < -0.3 is 9.80 Å². The number of hydrogen-bond acceptors (Lipinski definition) is 5. The molecular weight excluding hydrogens is 354 g/mol. The van der Waals surface area contributed by atoms with Gasteiger partial charge in [-0.3, -0.25) is 14.5 Å². The van der Waals surface area contributed by atoms with E-state index in [2.05, 4.69) is 4.90 Å². The van der Waals surface area contributed by atoms with Gasteiger partial charge in [0.25, 0.3) is 5.91 Å². The smallest absolute Gasteiger partial charge is 0.253 e. The highest BCUT2D eigenvalue weighted by atomic mass is 32.2. The highest BCUT2D eigenvalue weighted by Gasteiger charge is 2.25. The Balaban J connectivity index is 1.52. The van der Waals surface area contributed by atoms with Gasteiger partial charge in [0.2, 0.25) is 5.91 Å². The first kappa shape index (κ1) is 18.8. The third kappa shape index (κ3) is 4.42. The zero-order chi connectivity index (χ0) is 18.7. The van der Waals surface area contributed by atoms with Gasteiger partial charge in [0.1, 0.15) is 0 Å². The Kier molecular flexibility index (Phi) is 5.62. The van der Waals surface area contributed by atoms with Crippen LogP contribution in [0, 0.1) is 0 Å². The Labute approximate surface area is 154 Å². The molecule has 0 aromatic heterocycles. The van der Waals surface area contributed by atoms with Crippen molar-refractivity contribution in [2.45, 2.75) is 17.7 Å². The summed E-state index contributed by atoms with van der Waals surface area (Å²) in [5.74, 6) is 0.0780. The first-order valence-corrected chi connectivity index (χ1v) is 10.8. The minimum atomic E-state index is -3.26. The van der Waals surface area contributed by atoms with Gasteiger partial charge in [-0.2, -0.15) is 0 Å². The predicted molar refractivity (Wildman–Crippen MR) is 97.7 cm³/mol. The number of piperazine rings is 1. The quantitative estimate of drug-likeness (QED) is 0.760. The van der Waals surface area contributed by atoms with E-state index in [9.17, 15) is 18.0 Å². The molecule has 0 unspecified atom stereocenters. The van der Waals surface area contributed by atoms with Crippen LogP contribution in [-0.2, 0) is 14.6 Å². The van der Waals surface area contributed by atoms with E-state index >= 15 is 0 Å². The molecule has 0 bridgehead atoms. The second kappa shape index (κ2) is 7.75. The third-order valence-electron chi connectivity index (χ3n) is 5.01. The number of carbonyl (C=O) groups is 2. The molecule has 26 heavy (non-hydrogen) atoms. The Hall–Kier alpha value is -1.93. The van der Waals surface area contributed by atoms with Gasteiger partial charge in [0.05, 0.1) is 11.4 Å². The van der Waals surface area contributed by atoms with E-state index < -0.39 is 9.84 Å². The summed E-state index contributed by atoms with van der Waals surface area (Å²) in [7, 11) is -3.26. The van der Waals surface area contributed by atoms with E-state index in [0.717, 1.165) is 32.2 Å². The van der Waals surface area contributed by atoms with Crippen LogP contribution in [0.15, 0.2) is 29.2 Å². The molecule has 2 fully saturated rings. The van der Waals surface area contributed by atoms with Crippen molar-refractivity contribution in [3.8, 4) is 0 Å². The summed E-state index contributed by atoms with van der Waals surface area (Å²) in [5.41, 5.74) is 0.485. The van der Waals surface area contributed by atoms with Gasteiger partial charge in [-0.15, -0.1) is 0 Å². The summed E-state index contributed by atoms with van der Waals surface area (Å²) < 4.78 is 23.0. The Morgan fingerprint density at radius 3 is 2.00 bits per heavy atom. The molecule has 0 spiro atoms. The van der Waals surface area contributed by atoms with Gasteiger partial charge >= 0.3 is 0 Å². The van der Waals surface area contributed by atoms with E-state index in [4.69, 9.17) is 0 Å². The molecule has 1 aromatic rings. The van der Waals surface area contributed by atoms with Crippen molar-refractivity contribution in [2.75, 3.05) is 52.1 Å². The van der Waals surface area contributed by atoms with E-state index in [1.54, 1.807) is 17.0 Å². The second-order valence-electron chi connectivity index (χ2n) is 6.95. The summed E-state index contributed by atoms with van der Waals surface area (Å²) in [5, 5.41) is 0. The molecule has 2 amide bonds. The van der Waals surface area contributed by atoms with Crippen molar-refractivity contribution in [3.05, 3.63) is 29.8 Å². The topological polar surface area (TPSA) is 78.0 Å². The van der Waals surface area contributed by atoms with E-state index in [0.29, 0.717) is 38.3 Å². The number of carbonyl (C=O) groups excluding carboxylic acids is 2. The van der Waals surface area contributed by atoms with E-state index in [1.165, 1.54) is 12.1 Å². The number of amides is 2. The number of sulfone groups is 1. The van der Waals surface area contributed by atoms with Crippen molar-refractivity contribution in [1.29, 1.82) is 0 Å². The molecule has 2 saturated heterocycles. The maximum absolute atomic E-state index is 12.6. The van der Waals surface area contributed by atoms with Crippen LogP contribution in [0.5, 0.6) is 0 Å². The lowest BCUT2D eigenvalue weighted by Gasteiger charge is -2.35. The van der Waals surface area contributed by atoms with Crippen LogP contribution in [0.4, 0.5) is 0 Å². The molecule has 3 rings (SSSR count). The lowest BCUT2D eigenvalue weighted by Crippen LogP contribution is -2.51. The normalized spacial score (nSPS) is 19.0. The van der Waals surface area contributed by atoms with Crippen LogP contribution in [0.1, 0.15) is 23.2 Å². The number of rotatable bonds is 4. The van der Waals surface area contributed by atoms with Crippen molar-refractivity contribution in [1.82, 2.24) is 14.7 Å². The van der Waals surface area contributed by atoms with Gasteiger partial charge in [0, 0.05) is 51.1 Å². The van der Waals surface area contributed by atoms with Crippen molar-refractivity contribution in [3.63, 3.8) is 0 Å². The van der Waals surface area contributed by atoms with Crippen molar-refractivity contribution in [2.24, 2.45) is 0 Å². The van der Waals surface area contributed by atoms with Gasteiger partial charge in [-0.05, 0) is 37.1 Å². The third-order valence-corrected chi connectivity index (χ3v) is 6.14. The van der Waals surface area contributed by atoms with Crippen LogP contribution >= 0.6 is 0 Å². The average molecular weight is 379 g/mol. The number of benzene rings is 1. The first-order chi connectivity index (χ1) is 12.3. The number of hydrogen-bond donors (Lipinski definition) is 0. The number of likely N-dealkylation sites (tertiary alicyclic amines) is 1. The van der Waals surface area contributed by atoms with Crippen molar-refractivity contribution < 1.29 is 18.0 Å². The number of nitrogens with zero attached hydrogens (tertiary/aromatic N) is 3. The van der Waals surface area contributed by atoms with E-state index in [1.807, 2.05) is 4.90 Å². The van der Waals surface area contributed by atoms with Crippen molar-refractivity contribution >= 4 is 21.7 Å². The molecule has 0 radical (unpaired) electrons. The average Bonchev–Trinajstić information content (AvgIpc) is 3.16. The molecular formula is C18H25N3O4S. The van der Waals surface area contributed by atoms with Crippen LogP contribution < -0.4 is 0 Å². The molecule has 0 N–H and O–H groups in total. The summed E-state index contributed by atoms with van der Waals surface area (Å²) >= 11 is 0. The van der Waals surface area contributed by atoms with Gasteiger partial charge in [-0.25, -0.2) is 8.42 Å². The summed E-state index contributed by atoms with van der Waals surface area (Å²) in [4.78, 5) is 30.8. The Morgan fingerprint density at radius 1 is 0.885 bits per heavy atom. The first-order valence-electron chi connectivity index (χ1n) is 8.94. The fourth-order valence-electron chi connectivity index (χ4n) is 3.39. The lowest BCUT2D eigenvalue weighted by molar-refractivity contribution is -0.131. The maximum atomic E-state index is 12.6.